The third-order valence-electron chi connectivity index (χ3n) is 3.14. The third-order valence-corrected chi connectivity index (χ3v) is 3.14. The largest absolute Gasteiger partial charge is 0.493 e. The number of halogens is 1. The summed E-state index contributed by atoms with van der Waals surface area (Å²) < 4.78 is 19.6. The number of hydrogen-bond acceptors (Lipinski definition) is 2. The average Bonchev–Trinajstić information content (AvgIpc) is 2.45. The lowest BCUT2D eigenvalue weighted by atomic mass is 10.1. The molecule has 0 N–H and O–H groups in total. The van der Waals surface area contributed by atoms with Crippen molar-refractivity contribution in [3.8, 4) is 17.0 Å². The summed E-state index contributed by atoms with van der Waals surface area (Å²) in [6.07, 6.45) is 5.02. The van der Waals surface area contributed by atoms with Crippen molar-refractivity contribution in [2.45, 2.75) is 33.1 Å². The molecule has 0 atom stereocenters. The quantitative estimate of drug-likeness (QED) is 0.708. The van der Waals surface area contributed by atoms with Crippen LogP contribution < -0.4 is 4.74 Å². The van der Waals surface area contributed by atoms with Gasteiger partial charge in [0.05, 0.1) is 12.3 Å². The smallest absolute Gasteiger partial charge is 0.136 e. The van der Waals surface area contributed by atoms with E-state index in [0.29, 0.717) is 23.6 Å². The number of benzene rings is 1. The molecule has 106 valence electrons. The van der Waals surface area contributed by atoms with E-state index in [1.54, 1.807) is 18.3 Å². The number of pyridine rings is 1. The molecule has 0 saturated carbocycles. The molecule has 2 aromatic rings. The van der Waals surface area contributed by atoms with Crippen LogP contribution in [0.4, 0.5) is 4.39 Å². The number of hydrogen-bond donors (Lipinski definition) is 0. The van der Waals surface area contributed by atoms with Crippen LogP contribution >= 0.6 is 0 Å². The van der Waals surface area contributed by atoms with Gasteiger partial charge in [0.15, 0.2) is 0 Å². The minimum Gasteiger partial charge on any atom is -0.493 e. The molecule has 0 bridgehead atoms. The van der Waals surface area contributed by atoms with Crippen LogP contribution in [-0.4, -0.2) is 11.6 Å². The zero-order chi connectivity index (χ0) is 14.4. The van der Waals surface area contributed by atoms with Gasteiger partial charge in [-0.05, 0) is 37.1 Å². The van der Waals surface area contributed by atoms with E-state index in [2.05, 4.69) is 11.9 Å². The van der Waals surface area contributed by atoms with E-state index in [4.69, 9.17) is 4.74 Å². The van der Waals surface area contributed by atoms with Crippen LogP contribution in [-0.2, 0) is 0 Å². The first-order valence-corrected chi connectivity index (χ1v) is 7.06. The maximum atomic E-state index is 14.1. The summed E-state index contributed by atoms with van der Waals surface area (Å²) in [5.41, 5.74) is 2.21. The van der Waals surface area contributed by atoms with E-state index in [-0.39, 0.29) is 5.82 Å². The van der Waals surface area contributed by atoms with Crippen LogP contribution in [0.5, 0.6) is 5.75 Å². The number of aromatic nitrogens is 1. The van der Waals surface area contributed by atoms with E-state index >= 15 is 0 Å². The van der Waals surface area contributed by atoms with E-state index < -0.39 is 0 Å². The number of unbranched alkanes of at least 4 members (excludes halogenated alkanes) is 2. The Balaban J connectivity index is 2.07. The van der Waals surface area contributed by atoms with Crippen molar-refractivity contribution in [3.63, 3.8) is 0 Å². The van der Waals surface area contributed by atoms with Crippen LogP contribution in [0.25, 0.3) is 11.3 Å². The van der Waals surface area contributed by atoms with E-state index in [1.807, 2.05) is 19.1 Å². The minimum absolute atomic E-state index is 0.297. The Bertz CT molecular complexity index is 551. The molecule has 0 unspecified atom stereocenters. The number of rotatable bonds is 6. The van der Waals surface area contributed by atoms with Crippen molar-refractivity contribution >= 4 is 0 Å². The number of aryl methyl sites for hydroxylation is 1. The standard InChI is InChI=1S/C17H20FNO/c1-3-4-5-10-20-14-7-8-15(16(18)11-14)17-9-6-13(2)12-19-17/h6-9,11-12H,3-5,10H2,1-2H3. The first-order valence-electron chi connectivity index (χ1n) is 7.06. The summed E-state index contributed by atoms with van der Waals surface area (Å²) in [6.45, 7) is 4.73. The molecule has 1 aromatic carbocycles. The van der Waals surface area contributed by atoms with Crippen LogP contribution in [0.1, 0.15) is 31.7 Å². The van der Waals surface area contributed by atoms with E-state index in [1.165, 1.54) is 6.07 Å². The molecule has 0 aliphatic rings. The fourth-order valence-electron chi connectivity index (χ4n) is 1.96. The van der Waals surface area contributed by atoms with E-state index in [0.717, 1.165) is 24.8 Å². The molecular weight excluding hydrogens is 253 g/mol. The molecule has 2 nitrogen and oxygen atoms in total. The Morgan fingerprint density at radius 1 is 1.15 bits per heavy atom. The second-order valence-corrected chi connectivity index (χ2v) is 4.92. The lowest BCUT2D eigenvalue weighted by molar-refractivity contribution is 0.305. The lowest BCUT2D eigenvalue weighted by Gasteiger charge is -2.08. The van der Waals surface area contributed by atoms with Crippen LogP contribution in [0.3, 0.4) is 0 Å². The summed E-state index contributed by atoms with van der Waals surface area (Å²) in [4.78, 5) is 4.24. The Kier molecular flexibility index (Phi) is 5.10. The second kappa shape index (κ2) is 7.04. The molecule has 0 fully saturated rings. The van der Waals surface area contributed by atoms with Gasteiger partial charge in [-0.3, -0.25) is 4.98 Å². The maximum Gasteiger partial charge on any atom is 0.136 e. The summed E-state index contributed by atoms with van der Waals surface area (Å²) in [6, 6.07) is 8.71. The zero-order valence-corrected chi connectivity index (χ0v) is 12.0. The third kappa shape index (κ3) is 3.80. The van der Waals surface area contributed by atoms with Gasteiger partial charge in [-0.15, -0.1) is 0 Å². The Labute approximate surface area is 119 Å². The van der Waals surface area contributed by atoms with Crippen LogP contribution in [0, 0.1) is 12.7 Å². The van der Waals surface area contributed by atoms with Gasteiger partial charge < -0.3 is 4.74 Å². The highest BCUT2D eigenvalue weighted by atomic mass is 19.1. The molecule has 0 aliphatic carbocycles. The molecule has 0 spiro atoms. The Morgan fingerprint density at radius 2 is 2.00 bits per heavy atom. The minimum atomic E-state index is -0.297. The van der Waals surface area contributed by atoms with Crippen molar-refractivity contribution in [1.82, 2.24) is 4.98 Å². The summed E-state index contributed by atoms with van der Waals surface area (Å²) in [7, 11) is 0. The van der Waals surface area contributed by atoms with Gasteiger partial charge in [-0.2, -0.15) is 0 Å². The van der Waals surface area contributed by atoms with E-state index in [9.17, 15) is 4.39 Å². The fraction of sp³-hybridized carbons (Fsp3) is 0.353. The molecular formula is C17H20FNO. The Morgan fingerprint density at radius 3 is 2.65 bits per heavy atom. The molecule has 0 saturated heterocycles. The van der Waals surface area contributed by atoms with Crippen molar-refractivity contribution in [1.29, 1.82) is 0 Å². The lowest BCUT2D eigenvalue weighted by Crippen LogP contribution is -1.98. The normalized spacial score (nSPS) is 10.6. The van der Waals surface area contributed by atoms with Gasteiger partial charge in [0, 0.05) is 17.8 Å². The molecule has 3 heteroatoms. The first-order chi connectivity index (χ1) is 9.70. The molecule has 0 amide bonds. The molecule has 0 radical (unpaired) electrons. The van der Waals surface area contributed by atoms with Gasteiger partial charge in [0.1, 0.15) is 11.6 Å². The summed E-state index contributed by atoms with van der Waals surface area (Å²) in [5, 5.41) is 0. The molecule has 2 rings (SSSR count). The first kappa shape index (κ1) is 14.5. The van der Waals surface area contributed by atoms with Gasteiger partial charge in [-0.25, -0.2) is 4.39 Å². The average molecular weight is 273 g/mol. The molecule has 0 aliphatic heterocycles. The fourth-order valence-corrected chi connectivity index (χ4v) is 1.96. The topological polar surface area (TPSA) is 22.1 Å². The predicted octanol–water partition coefficient (Wildman–Crippen LogP) is 4.77. The molecule has 1 aromatic heterocycles. The monoisotopic (exact) mass is 273 g/mol. The Hall–Kier alpha value is -1.90. The second-order valence-electron chi connectivity index (χ2n) is 4.92. The predicted molar refractivity (Wildman–Crippen MR) is 79.4 cm³/mol. The van der Waals surface area contributed by atoms with Gasteiger partial charge in [-0.1, -0.05) is 25.8 Å². The molecule has 1 heterocycles. The highest BCUT2D eigenvalue weighted by Crippen LogP contribution is 2.25. The van der Waals surface area contributed by atoms with Crippen LogP contribution in [0.2, 0.25) is 0 Å². The highest BCUT2D eigenvalue weighted by molar-refractivity contribution is 5.61. The van der Waals surface area contributed by atoms with Crippen molar-refractivity contribution < 1.29 is 9.13 Å². The number of ether oxygens (including phenoxy) is 1. The van der Waals surface area contributed by atoms with Gasteiger partial charge in [0.25, 0.3) is 0 Å². The summed E-state index contributed by atoms with van der Waals surface area (Å²) >= 11 is 0. The highest BCUT2D eigenvalue weighted by Gasteiger charge is 2.07. The van der Waals surface area contributed by atoms with Crippen molar-refractivity contribution in [2.75, 3.05) is 6.61 Å². The van der Waals surface area contributed by atoms with Gasteiger partial charge >= 0.3 is 0 Å². The van der Waals surface area contributed by atoms with Crippen LogP contribution in [0.15, 0.2) is 36.5 Å². The SMILES string of the molecule is CCCCCOc1ccc(-c2ccc(C)cn2)c(F)c1. The number of nitrogens with zero attached hydrogens (tertiary/aromatic N) is 1. The van der Waals surface area contributed by atoms with Crippen molar-refractivity contribution in [2.24, 2.45) is 0 Å². The van der Waals surface area contributed by atoms with Gasteiger partial charge in [0.2, 0.25) is 0 Å². The molecule has 20 heavy (non-hydrogen) atoms. The maximum absolute atomic E-state index is 14.1. The van der Waals surface area contributed by atoms with Crippen molar-refractivity contribution in [3.05, 3.63) is 47.9 Å². The summed E-state index contributed by atoms with van der Waals surface area (Å²) in [5.74, 6) is 0.281. The zero-order valence-electron chi connectivity index (χ0n) is 12.0.